The minimum absolute atomic E-state index is 0.342. The van der Waals surface area contributed by atoms with E-state index in [0.717, 1.165) is 0 Å². The molecule has 82 valence electrons. The van der Waals surface area contributed by atoms with Gasteiger partial charge in [0.1, 0.15) is 11.8 Å². The molecule has 1 aliphatic carbocycles. The van der Waals surface area contributed by atoms with Gasteiger partial charge in [-0.05, 0) is 18.0 Å². The van der Waals surface area contributed by atoms with E-state index in [0.29, 0.717) is 24.5 Å². The Labute approximate surface area is 86.0 Å². The molecule has 1 atom stereocenters. The van der Waals surface area contributed by atoms with Crippen molar-refractivity contribution in [2.45, 2.75) is 24.3 Å². The molecule has 0 radical (unpaired) electrons. The van der Waals surface area contributed by atoms with Crippen LogP contribution in [0.3, 0.4) is 0 Å². The highest BCUT2D eigenvalue weighted by Gasteiger charge is 2.55. The van der Waals surface area contributed by atoms with Gasteiger partial charge in [-0.25, -0.2) is 0 Å². The van der Waals surface area contributed by atoms with Crippen molar-refractivity contribution >= 4 is 5.97 Å². The summed E-state index contributed by atoms with van der Waals surface area (Å²) < 4.78 is 9.90. The van der Waals surface area contributed by atoms with Crippen LogP contribution in [0, 0.1) is 0 Å². The summed E-state index contributed by atoms with van der Waals surface area (Å²) in [7, 11) is 1.47. The zero-order valence-electron chi connectivity index (χ0n) is 8.27. The van der Waals surface area contributed by atoms with Crippen LogP contribution < -0.4 is 10.5 Å². The number of carboxylic acids is 1. The molecule has 3 N–H and O–H groups in total. The quantitative estimate of drug-likeness (QED) is 0.735. The van der Waals surface area contributed by atoms with Gasteiger partial charge in [0.2, 0.25) is 0 Å². The summed E-state index contributed by atoms with van der Waals surface area (Å²) in [5, 5.41) is 12.5. The highest BCUT2D eigenvalue weighted by molar-refractivity contribution is 5.76. The predicted molar refractivity (Wildman–Crippen MR) is 49.6 cm³/mol. The lowest BCUT2D eigenvalue weighted by atomic mass is 9.94. The molecule has 1 unspecified atom stereocenters. The topological polar surface area (TPSA) is 98.6 Å². The fraction of sp³-hybridized carbons (Fsp3) is 0.556. The van der Waals surface area contributed by atoms with Crippen LogP contribution in [0.2, 0.25) is 0 Å². The minimum Gasteiger partial charge on any atom is -0.480 e. The van der Waals surface area contributed by atoms with Gasteiger partial charge in [-0.15, -0.1) is 0 Å². The molecule has 0 aliphatic heterocycles. The maximum Gasteiger partial charge on any atom is 0.321 e. The summed E-state index contributed by atoms with van der Waals surface area (Å²) in [5.74, 6) is -0.189. The van der Waals surface area contributed by atoms with E-state index < -0.39 is 17.4 Å². The number of hydrogen-bond acceptors (Lipinski definition) is 5. The molecule has 1 aromatic rings. The number of rotatable bonds is 4. The fourth-order valence-electron chi connectivity index (χ4n) is 1.67. The monoisotopic (exact) mass is 212 g/mol. The Bertz CT molecular complexity index is 383. The second kappa shape index (κ2) is 3.23. The van der Waals surface area contributed by atoms with E-state index in [-0.39, 0.29) is 0 Å². The Balaban J connectivity index is 2.26. The zero-order valence-corrected chi connectivity index (χ0v) is 8.27. The molecule has 0 amide bonds. The number of ether oxygens (including phenoxy) is 1. The fourth-order valence-corrected chi connectivity index (χ4v) is 1.67. The van der Waals surface area contributed by atoms with Gasteiger partial charge in [-0.2, -0.15) is 0 Å². The van der Waals surface area contributed by atoms with E-state index in [2.05, 4.69) is 5.16 Å². The first-order chi connectivity index (χ1) is 7.10. The number of carbonyl (C=O) groups is 1. The first kappa shape index (κ1) is 9.97. The number of carboxylic acid groups (broad SMARTS) is 1. The molecular formula is C9H12N2O4. The molecule has 0 bridgehead atoms. The van der Waals surface area contributed by atoms with E-state index in [9.17, 15) is 4.79 Å². The number of aliphatic carboxylic acids is 1. The first-order valence-corrected chi connectivity index (χ1v) is 4.60. The third kappa shape index (κ3) is 1.46. The lowest BCUT2D eigenvalue weighted by Crippen LogP contribution is -2.41. The Morgan fingerprint density at radius 2 is 2.47 bits per heavy atom. The lowest BCUT2D eigenvalue weighted by molar-refractivity contribution is -0.139. The van der Waals surface area contributed by atoms with Crippen LogP contribution in [-0.2, 0) is 10.2 Å². The molecule has 15 heavy (non-hydrogen) atoms. The van der Waals surface area contributed by atoms with E-state index in [1.54, 1.807) is 6.07 Å². The molecule has 1 saturated carbocycles. The van der Waals surface area contributed by atoms with Crippen LogP contribution in [0.5, 0.6) is 5.88 Å². The summed E-state index contributed by atoms with van der Waals surface area (Å²) in [6, 6.07) is 0.644. The van der Waals surface area contributed by atoms with Crippen molar-refractivity contribution in [3.8, 4) is 5.88 Å². The Kier molecular flexibility index (Phi) is 2.15. The van der Waals surface area contributed by atoms with Gasteiger partial charge >= 0.3 is 5.97 Å². The normalized spacial score (nSPS) is 19.6. The summed E-state index contributed by atoms with van der Waals surface area (Å²) >= 11 is 0. The van der Waals surface area contributed by atoms with Crippen molar-refractivity contribution in [3.63, 3.8) is 0 Å². The average Bonchev–Trinajstić information content (AvgIpc) is 2.88. The Morgan fingerprint density at radius 1 is 1.80 bits per heavy atom. The predicted octanol–water partition coefficient (Wildman–Crippen LogP) is 0.127. The number of nitrogens with zero attached hydrogens (tertiary/aromatic N) is 1. The van der Waals surface area contributed by atoms with Crippen LogP contribution in [0.15, 0.2) is 10.6 Å². The smallest absolute Gasteiger partial charge is 0.321 e. The van der Waals surface area contributed by atoms with Crippen LogP contribution in [0.1, 0.15) is 18.6 Å². The van der Waals surface area contributed by atoms with Crippen LogP contribution in [-0.4, -0.2) is 29.4 Å². The van der Waals surface area contributed by atoms with Crippen molar-refractivity contribution < 1.29 is 19.2 Å². The average molecular weight is 212 g/mol. The minimum atomic E-state index is -1.03. The molecule has 2 rings (SSSR count). The molecule has 1 aromatic heterocycles. The molecule has 6 heteroatoms. The maximum atomic E-state index is 10.8. The molecule has 1 aliphatic rings. The first-order valence-electron chi connectivity index (χ1n) is 4.60. The third-order valence-electron chi connectivity index (χ3n) is 2.84. The van der Waals surface area contributed by atoms with E-state index in [1.807, 2.05) is 0 Å². The SMILES string of the molecule is COc1cc(C2(C(N)C(=O)O)CC2)on1. The largest absolute Gasteiger partial charge is 0.480 e. The molecule has 1 heterocycles. The highest BCUT2D eigenvalue weighted by Crippen LogP contribution is 2.51. The third-order valence-corrected chi connectivity index (χ3v) is 2.84. The van der Waals surface area contributed by atoms with E-state index in [4.69, 9.17) is 20.1 Å². The summed E-state index contributed by atoms with van der Waals surface area (Å²) in [6.07, 6.45) is 1.41. The number of nitrogens with two attached hydrogens (primary N) is 1. The van der Waals surface area contributed by atoms with Crippen LogP contribution >= 0.6 is 0 Å². The van der Waals surface area contributed by atoms with Crippen molar-refractivity contribution in [1.29, 1.82) is 0 Å². The van der Waals surface area contributed by atoms with Gasteiger partial charge < -0.3 is 20.1 Å². The number of methoxy groups -OCH3 is 1. The highest BCUT2D eigenvalue weighted by atomic mass is 16.5. The Morgan fingerprint density at radius 3 is 2.87 bits per heavy atom. The number of aromatic nitrogens is 1. The van der Waals surface area contributed by atoms with Crippen molar-refractivity contribution in [2.75, 3.05) is 7.11 Å². The standard InChI is InChI=1S/C9H12N2O4/c1-14-6-4-5(15-11-6)9(2-3-9)7(10)8(12)13/h4,7H,2-3,10H2,1H3,(H,12,13). The maximum absolute atomic E-state index is 10.8. The van der Waals surface area contributed by atoms with Gasteiger partial charge in [-0.1, -0.05) is 0 Å². The molecule has 0 spiro atoms. The lowest BCUT2D eigenvalue weighted by Gasteiger charge is -2.15. The van der Waals surface area contributed by atoms with Crippen molar-refractivity contribution in [3.05, 3.63) is 11.8 Å². The molecule has 0 saturated heterocycles. The van der Waals surface area contributed by atoms with Gasteiger partial charge in [-0.3, -0.25) is 4.79 Å². The second-order valence-corrected chi connectivity index (χ2v) is 3.71. The van der Waals surface area contributed by atoms with Crippen LogP contribution in [0.4, 0.5) is 0 Å². The molecule has 1 fully saturated rings. The van der Waals surface area contributed by atoms with Crippen molar-refractivity contribution in [1.82, 2.24) is 5.16 Å². The van der Waals surface area contributed by atoms with Gasteiger partial charge in [0, 0.05) is 6.07 Å². The van der Waals surface area contributed by atoms with Crippen LogP contribution in [0.25, 0.3) is 0 Å². The van der Waals surface area contributed by atoms with E-state index >= 15 is 0 Å². The Hall–Kier alpha value is -1.56. The van der Waals surface area contributed by atoms with E-state index in [1.165, 1.54) is 7.11 Å². The number of hydrogen-bond donors (Lipinski definition) is 2. The summed E-state index contributed by atoms with van der Waals surface area (Å²) in [5.41, 5.74) is 5.02. The van der Waals surface area contributed by atoms with Crippen molar-refractivity contribution in [2.24, 2.45) is 5.73 Å². The van der Waals surface area contributed by atoms with Gasteiger partial charge in [0.05, 0.1) is 12.5 Å². The molecule has 6 nitrogen and oxygen atoms in total. The molecule has 0 aromatic carbocycles. The summed E-state index contributed by atoms with van der Waals surface area (Å²) in [4.78, 5) is 10.8. The van der Waals surface area contributed by atoms with Gasteiger partial charge in [0.25, 0.3) is 5.88 Å². The second-order valence-electron chi connectivity index (χ2n) is 3.71. The van der Waals surface area contributed by atoms with Gasteiger partial charge in [0.15, 0.2) is 0 Å². The molecular weight excluding hydrogens is 200 g/mol. The summed E-state index contributed by atoms with van der Waals surface area (Å²) in [6.45, 7) is 0. The zero-order chi connectivity index (χ0) is 11.1.